The van der Waals surface area contributed by atoms with Crippen LogP contribution in [0.4, 0.5) is 0 Å². The van der Waals surface area contributed by atoms with E-state index in [0.717, 1.165) is 6.92 Å². The maximum absolute atomic E-state index is 10.9. The van der Waals surface area contributed by atoms with Crippen LogP contribution < -0.4 is 140 Å². The van der Waals surface area contributed by atoms with Gasteiger partial charge in [0.2, 0.25) is 0 Å². The van der Waals surface area contributed by atoms with Crippen molar-refractivity contribution in [2.75, 3.05) is 0 Å². The molecule has 0 aromatic carbocycles. The minimum Gasteiger partial charge on any atom is -1.00 e. The Bertz CT molecular complexity index is 366. The van der Waals surface area contributed by atoms with Gasteiger partial charge >= 0.3 is 164 Å². The summed E-state index contributed by atoms with van der Waals surface area (Å²) < 4.78 is 3.98. The second-order valence-corrected chi connectivity index (χ2v) is 3.05. The molecule has 3 N–H and O–H groups in total. The maximum atomic E-state index is 10.9. The molecule has 1 atom stereocenters. The molecule has 1 unspecified atom stereocenters. The Morgan fingerprint density at radius 1 is 1.05 bits per heavy atom. The van der Waals surface area contributed by atoms with E-state index in [1.807, 2.05) is 0 Å². The van der Waals surface area contributed by atoms with Gasteiger partial charge in [-0.05, 0) is 0 Å². The quantitative estimate of drug-likeness (QED) is 0.253. The smallest absolute Gasteiger partial charge is 1.00 e. The summed E-state index contributed by atoms with van der Waals surface area (Å²) >= 11 is 0. The number of carboxylic acids is 2. The fourth-order valence-corrected chi connectivity index (χ4v) is 0.899. The van der Waals surface area contributed by atoms with Gasteiger partial charge in [-0.1, -0.05) is 0 Å². The molecule has 0 heterocycles. The number of aliphatic carboxylic acids is 2. The molecule has 0 aliphatic heterocycles. The Balaban J connectivity index is -0.0000000402. The summed E-state index contributed by atoms with van der Waals surface area (Å²) in [6.45, 7) is 0.912. The number of ether oxygens (including phenoxy) is 1. The van der Waals surface area contributed by atoms with Crippen molar-refractivity contribution in [3.05, 3.63) is 0 Å². The molecule has 0 fully saturated rings. The molecule has 0 amide bonds. The van der Waals surface area contributed by atoms with Crippen LogP contribution in [-0.2, 0) is 23.9 Å². The maximum Gasteiger partial charge on any atom is 1.00 e. The van der Waals surface area contributed by atoms with Gasteiger partial charge in [0.25, 0.3) is 0 Å². The summed E-state index contributed by atoms with van der Waals surface area (Å²) in [5.41, 5.74) is -2.78. The number of rotatable bonds is 5. The number of carboxylic acid groups (broad SMARTS) is 2. The third-order valence-corrected chi connectivity index (χ3v) is 1.54. The largest absolute Gasteiger partial charge is 1.00 e. The molecule has 0 aliphatic rings. The van der Waals surface area contributed by atoms with E-state index < -0.39 is 42.3 Å². The van der Waals surface area contributed by atoms with Crippen molar-refractivity contribution in [1.29, 1.82) is 0 Å². The van der Waals surface area contributed by atoms with Crippen molar-refractivity contribution in [3.8, 4) is 0 Å². The van der Waals surface area contributed by atoms with Gasteiger partial charge in [0, 0.05) is 6.92 Å². The molecule has 0 bridgehead atoms. The van der Waals surface area contributed by atoms with Gasteiger partial charge in [-0.15, -0.1) is 0 Å². The van der Waals surface area contributed by atoms with Gasteiger partial charge in [0.15, 0.2) is 5.60 Å². The Morgan fingerprint density at radius 2 is 1.45 bits per heavy atom. The summed E-state index contributed by atoms with van der Waals surface area (Å²) in [4.78, 5) is 42.1. The summed E-state index contributed by atoms with van der Waals surface area (Å²) in [6, 6.07) is 0. The molecule has 0 spiro atoms. The van der Waals surface area contributed by atoms with E-state index >= 15 is 0 Å². The van der Waals surface area contributed by atoms with Crippen LogP contribution in [0.5, 0.6) is 0 Å². The van der Waals surface area contributed by atoms with Crippen LogP contribution in [0.2, 0.25) is 0 Å². The van der Waals surface area contributed by atoms with Gasteiger partial charge in [-0.2, -0.15) is 0 Å². The van der Waals surface area contributed by atoms with Crippen molar-refractivity contribution in [1.82, 2.24) is 0 Å². The normalized spacial score (nSPS) is 10.9. The minimum absolute atomic E-state index is 0. The number of esters is 2. The predicted octanol–water partition coefficient (Wildman–Crippen LogP) is -12.8. The van der Waals surface area contributed by atoms with E-state index in [4.69, 9.17) is 10.2 Å². The number of hydrogen-bond donors (Lipinski definition) is 3. The first-order chi connectivity index (χ1) is 7.17. The van der Waals surface area contributed by atoms with Gasteiger partial charge in [0.1, 0.15) is 0 Å². The number of hydrogen-bond acceptors (Lipinski definition) is 6. The molecule has 0 aromatic rings. The van der Waals surface area contributed by atoms with E-state index in [2.05, 4.69) is 4.74 Å². The van der Waals surface area contributed by atoms with E-state index in [1.54, 1.807) is 0 Å². The average molecular weight is 346 g/mol. The van der Waals surface area contributed by atoms with Gasteiger partial charge in [0.05, 0.1) is 12.8 Å². The fourth-order valence-electron chi connectivity index (χ4n) is 0.899. The van der Waals surface area contributed by atoms with Crippen LogP contribution in [0.3, 0.4) is 0 Å². The van der Waals surface area contributed by atoms with Gasteiger partial charge in [-0.25, -0.2) is 4.79 Å². The summed E-state index contributed by atoms with van der Waals surface area (Å²) in [6.07, 6.45) is -2.29. The van der Waals surface area contributed by atoms with Crippen molar-refractivity contribution in [3.63, 3.8) is 0 Å². The van der Waals surface area contributed by atoms with Crippen LogP contribution in [0.25, 0.3) is 0 Å². The third kappa shape index (κ3) is 15.6. The molecule has 0 rings (SSSR count). The third-order valence-electron chi connectivity index (χ3n) is 1.54. The van der Waals surface area contributed by atoms with Gasteiger partial charge < -0.3 is 25.8 Å². The van der Waals surface area contributed by atoms with Crippen molar-refractivity contribution in [2.45, 2.75) is 25.4 Å². The van der Waals surface area contributed by atoms with E-state index in [0.29, 0.717) is 0 Å². The Labute approximate surface area is 230 Å². The van der Waals surface area contributed by atoms with Crippen molar-refractivity contribution in [2.24, 2.45) is 0 Å². The number of aliphatic hydroxyl groups is 1. The first-order valence-electron chi connectivity index (χ1n) is 4.06. The fraction of sp³-hybridized carbons (Fsp3) is 0.500. The second-order valence-electron chi connectivity index (χ2n) is 3.05. The van der Waals surface area contributed by atoms with Crippen LogP contribution in [0.1, 0.15) is 25.5 Å². The topological polar surface area (TPSA) is 138 Å². The summed E-state index contributed by atoms with van der Waals surface area (Å²) in [7, 11) is 0. The van der Waals surface area contributed by atoms with Crippen molar-refractivity contribution < 1.29 is 185 Å². The molecular formula is C8H14KNa3O8. The zero-order valence-electron chi connectivity index (χ0n) is 16.3. The average Bonchev–Trinajstić information content (AvgIpc) is 1.98. The number of carbonyl (C=O) groups is 4. The molecule has 8 nitrogen and oxygen atoms in total. The molecule has 0 saturated carbocycles. The molecule has 0 aromatic heterocycles. The predicted molar refractivity (Wildman–Crippen MR) is 50.7 cm³/mol. The Hall–Kier alpha value is 2.68. The standard InChI is InChI=1S/C8H10O8.K.3Na.4H/c1-4(9)16-6(12)3-8(15,7(13)14)2-5(10)11;;;;;;;;/h15H,2-3H2,1H3,(H,10,11)(H,13,14);;;;;;;;/q;4*+1;4*-1. The molecular weight excluding hydrogens is 332 g/mol. The molecule has 20 heavy (non-hydrogen) atoms. The Morgan fingerprint density at radius 3 is 1.70 bits per heavy atom. The molecule has 0 aliphatic carbocycles. The zero-order chi connectivity index (χ0) is 12.9. The SMILES string of the molecule is CC(=O)OC(=O)CC(O)(CC(=O)O)C(=O)O.[H-].[H-].[H-].[H-].[K+].[Na+].[Na+].[Na+]. The summed E-state index contributed by atoms with van der Waals surface area (Å²) in [5, 5.41) is 26.3. The first-order valence-corrected chi connectivity index (χ1v) is 4.06. The van der Waals surface area contributed by atoms with Crippen LogP contribution in [-0.4, -0.2) is 44.8 Å². The summed E-state index contributed by atoms with van der Waals surface area (Å²) in [5.74, 6) is -5.76. The van der Waals surface area contributed by atoms with Crippen LogP contribution in [0.15, 0.2) is 0 Å². The van der Waals surface area contributed by atoms with E-state index in [-0.39, 0.29) is 146 Å². The van der Waals surface area contributed by atoms with Crippen LogP contribution >= 0.6 is 0 Å². The first kappa shape index (κ1) is 34.1. The molecule has 12 heteroatoms. The van der Waals surface area contributed by atoms with Gasteiger partial charge in [-0.3, -0.25) is 14.4 Å². The molecule has 98 valence electrons. The van der Waals surface area contributed by atoms with E-state index in [9.17, 15) is 24.3 Å². The Kier molecular flexibility index (Phi) is 28.2. The van der Waals surface area contributed by atoms with E-state index in [1.165, 1.54) is 0 Å². The zero-order valence-corrected chi connectivity index (χ0v) is 21.4. The number of carbonyl (C=O) groups excluding carboxylic acids is 2. The van der Waals surface area contributed by atoms with Crippen LogP contribution in [0, 0.1) is 0 Å². The second kappa shape index (κ2) is 16.5. The monoisotopic (exact) mass is 346 g/mol. The van der Waals surface area contributed by atoms with Crippen molar-refractivity contribution >= 4 is 23.9 Å². The molecule has 0 radical (unpaired) electrons. The minimum atomic E-state index is -2.78. The molecule has 0 saturated heterocycles.